The van der Waals surface area contributed by atoms with Gasteiger partial charge in [0, 0.05) is 12.1 Å². The van der Waals surface area contributed by atoms with E-state index in [0.717, 1.165) is 23.3 Å². The molecule has 0 bridgehead atoms. The van der Waals surface area contributed by atoms with Gasteiger partial charge in [0.05, 0.1) is 11.6 Å². The number of aliphatic hydroxyl groups excluding tert-OH is 1. The van der Waals surface area contributed by atoms with E-state index >= 15 is 0 Å². The number of aliphatic hydroxyl groups is 1. The van der Waals surface area contributed by atoms with Gasteiger partial charge in [-0.05, 0) is 74.4 Å². The largest absolute Gasteiger partial charge is 0.488 e. The maximum atomic E-state index is 10.4. The van der Waals surface area contributed by atoms with E-state index in [1.807, 2.05) is 42.5 Å². The first kappa shape index (κ1) is 23.2. The van der Waals surface area contributed by atoms with Gasteiger partial charge in [-0.15, -0.1) is 0 Å². The molecule has 8 heteroatoms. The Morgan fingerprint density at radius 1 is 1.03 bits per heavy atom. The fourth-order valence-electron chi connectivity index (χ4n) is 3.58. The van der Waals surface area contributed by atoms with Crippen LogP contribution in [0.1, 0.15) is 25.0 Å². The molecule has 8 nitrogen and oxygen atoms in total. The Labute approximate surface area is 198 Å². The van der Waals surface area contributed by atoms with Crippen LogP contribution in [0, 0.1) is 11.3 Å². The Balaban J connectivity index is 1.25. The van der Waals surface area contributed by atoms with Crippen LogP contribution in [-0.4, -0.2) is 45.3 Å². The summed E-state index contributed by atoms with van der Waals surface area (Å²) in [5.74, 6) is 2.01. The lowest BCUT2D eigenvalue weighted by atomic mass is 9.94. The molecule has 34 heavy (non-hydrogen) atoms. The topological polar surface area (TPSA) is 116 Å². The van der Waals surface area contributed by atoms with E-state index in [4.69, 9.17) is 14.7 Å². The molecule has 0 radical (unpaired) electrons. The van der Waals surface area contributed by atoms with Crippen molar-refractivity contribution in [1.82, 2.24) is 20.7 Å². The number of hydrogen-bond donors (Lipinski definition) is 3. The number of benzene rings is 3. The van der Waals surface area contributed by atoms with Gasteiger partial charge in [0.1, 0.15) is 35.5 Å². The highest BCUT2D eigenvalue weighted by Crippen LogP contribution is 2.24. The number of fused-ring (bicyclic) bond motifs is 1. The van der Waals surface area contributed by atoms with Gasteiger partial charge >= 0.3 is 0 Å². The fraction of sp³-hybridized carbons (Fsp3) is 0.269. The van der Waals surface area contributed by atoms with E-state index in [2.05, 4.69) is 40.6 Å². The van der Waals surface area contributed by atoms with Gasteiger partial charge in [0.15, 0.2) is 5.52 Å². The zero-order valence-corrected chi connectivity index (χ0v) is 19.2. The van der Waals surface area contributed by atoms with Crippen molar-refractivity contribution < 1.29 is 14.6 Å². The molecule has 1 atom stereocenters. The minimum Gasteiger partial charge on any atom is -0.488 e. The van der Waals surface area contributed by atoms with Gasteiger partial charge in [-0.3, -0.25) is 0 Å². The molecule has 1 unspecified atom stereocenters. The minimum atomic E-state index is -0.676. The van der Waals surface area contributed by atoms with Crippen LogP contribution in [0.15, 0.2) is 66.7 Å². The number of ether oxygens (including phenoxy) is 2. The summed E-state index contributed by atoms with van der Waals surface area (Å²) in [6.45, 7) is 4.73. The third-order valence-electron chi connectivity index (χ3n) is 5.35. The zero-order chi connectivity index (χ0) is 24.0. The first-order valence-electron chi connectivity index (χ1n) is 11.0. The van der Waals surface area contributed by atoms with Crippen molar-refractivity contribution in [3.05, 3.63) is 77.9 Å². The van der Waals surface area contributed by atoms with Gasteiger partial charge in [0.25, 0.3) is 0 Å². The van der Waals surface area contributed by atoms with Crippen LogP contribution in [0.2, 0.25) is 0 Å². The molecule has 0 aliphatic heterocycles. The summed E-state index contributed by atoms with van der Waals surface area (Å²) in [6, 6.07) is 22.5. The standard InChI is InChI=1S/C26H27N5O3/c1-26(2,28-16-20(32)17-33-24-5-3-4-23-25(24)30-31-29-23)14-18-6-10-21(11-7-18)34-22-12-8-19(15-27)9-13-22/h3-13,20,28,32H,14,16-17H2,1-2H3,(H,29,30,31). The summed E-state index contributed by atoms with van der Waals surface area (Å²) >= 11 is 0. The van der Waals surface area contributed by atoms with Gasteiger partial charge in [-0.2, -0.15) is 20.7 Å². The summed E-state index contributed by atoms with van der Waals surface area (Å²) in [7, 11) is 0. The molecule has 174 valence electrons. The summed E-state index contributed by atoms with van der Waals surface area (Å²) in [5, 5.41) is 33.4. The molecule has 0 amide bonds. The van der Waals surface area contributed by atoms with Crippen molar-refractivity contribution in [1.29, 1.82) is 5.26 Å². The molecule has 0 fully saturated rings. The van der Waals surface area contributed by atoms with Gasteiger partial charge in [-0.25, -0.2) is 0 Å². The van der Waals surface area contributed by atoms with Crippen LogP contribution in [0.3, 0.4) is 0 Å². The molecule has 3 N–H and O–H groups in total. The lowest BCUT2D eigenvalue weighted by Gasteiger charge is -2.28. The van der Waals surface area contributed by atoms with Crippen LogP contribution >= 0.6 is 0 Å². The van der Waals surface area contributed by atoms with E-state index in [9.17, 15) is 5.11 Å². The molecule has 0 saturated carbocycles. The summed E-state index contributed by atoms with van der Waals surface area (Å²) in [6.07, 6.45) is 0.0975. The maximum Gasteiger partial charge on any atom is 0.154 e. The van der Waals surface area contributed by atoms with Crippen molar-refractivity contribution >= 4 is 11.0 Å². The number of β-amino-alcohol motifs (C(OH)–C–C–N with tert-alkyl or cyclic N) is 1. The van der Waals surface area contributed by atoms with Crippen LogP contribution in [0.5, 0.6) is 17.2 Å². The smallest absolute Gasteiger partial charge is 0.154 e. The molecule has 0 aliphatic carbocycles. The molecular weight excluding hydrogens is 430 g/mol. The number of aromatic nitrogens is 3. The lowest BCUT2D eigenvalue weighted by Crippen LogP contribution is -2.46. The summed E-state index contributed by atoms with van der Waals surface area (Å²) in [4.78, 5) is 0. The monoisotopic (exact) mass is 457 g/mol. The lowest BCUT2D eigenvalue weighted by molar-refractivity contribution is 0.0995. The quantitative estimate of drug-likeness (QED) is 0.330. The van der Waals surface area contributed by atoms with Crippen LogP contribution in [-0.2, 0) is 6.42 Å². The Morgan fingerprint density at radius 2 is 1.74 bits per heavy atom. The van der Waals surface area contributed by atoms with E-state index < -0.39 is 6.10 Å². The Bertz CT molecular complexity index is 1260. The second-order valence-corrected chi connectivity index (χ2v) is 8.74. The molecule has 1 heterocycles. The number of rotatable bonds is 10. The Kier molecular flexibility index (Phi) is 7.07. The van der Waals surface area contributed by atoms with Crippen molar-refractivity contribution in [3.8, 4) is 23.3 Å². The second-order valence-electron chi connectivity index (χ2n) is 8.74. The van der Waals surface area contributed by atoms with Gasteiger partial charge < -0.3 is 19.9 Å². The number of nitriles is 1. The summed E-state index contributed by atoms with van der Waals surface area (Å²) < 4.78 is 11.6. The number of aromatic amines is 1. The highest BCUT2D eigenvalue weighted by Gasteiger charge is 2.20. The van der Waals surface area contributed by atoms with Crippen molar-refractivity contribution in [2.75, 3.05) is 13.2 Å². The molecule has 0 aliphatic rings. The molecular formula is C26H27N5O3. The molecule has 3 aromatic carbocycles. The predicted octanol–water partition coefficient (Wildman–Crippen LogP) is 3.97. The Morgan fingerprint density at radius 3 is 2.44 bits per heavy atom. The second kappa shape index (κ2) is 10.3. The average molecular weight is 458 g/mol. The van der Waals surface area contributed by atoms with E-state index in [-0.39, 0.29) is 12.1 Å². The predicted molar refractivity (Wildman–Crippen MR) is 129 cm³/mol. The number of nitrogens with zero attached hydrogens (tertiary/aromatic N) is 3. The third kappa shape index (κ3) is 6.10. The van der Waals surface area contributed by atoms with Gasteiger partial charge in [-0.1, -0.05) is 18.2 Å². The highest BCUT2D eigenvalue weighted by atomic mass is 16.5. The van der Waals surface area contributed by atoms with E-state index in [1.54, 1.807) is 24.3 Å². The molecule has 4 rings (SSSR count). The average Bonchev–Trinajstić information content (AvgIpc) is 3.33. The number of H-pyrrole nitrogens is 1. The molecule has 0 spiro atoms. The first-order chi connectivity index (χ1) is 16.4. The number of nitrogens with one attached hydrogen (secondary N) is 2. The summed E-state index contributed by atoms with van der Waals surface area (Å²) in [5.41, 5.74) is 2.88. The molecule has 0 saturated heterocycles. The number of para-hydroxylation sites is 1. The van der Waals surface area contributed by atoms with E-state index in [1.165, 1.54) is 0 Å². The van der Waals surface area contributed by atoms with Crippen LogP contribution < -0.4 is 14.8 Å². The van der Waals surface area contributed by atoms with Crippen molar-refractivity contribution in [2.45, 2.75) is 31.9 Å². The van der Waals surface area contributed by atoms with Gasteiger partial charge in [0.2, 0.25) is 0 Å². The normalized spacial score (nSPS) is 12.3. The third-order valence-corrected chi connectivity index (χ3v) is 5.35. The fourth-order valence-corrected chi connectivity index (χ4v) is 3.58. The zero-order valence-electron chi connectivity index (χ0n) is 19.2. The number of hydrogen-bond acceptors (Lipinski definition) is 7. The first-order valence-corrected chi connectivity index (χ1v) is 11.0. The SMILES string of the molecule is CC(C)(Cc1ccc(Oc2ccc(C#N)cc2)cc1)NCC(O)COc1cccc2n[nH]nc12. The molecule has 4 aromatic rings. The van der Waals surface area contributed by atoms with E-state index in [0.29, 0.717) is 29.1 Å². The maximum absolute atomic E-state index is 10.4. The Hall–Kier alpha value is -3.93. The van der Waals surface area contributed by atoms with Crippen LogP contribution in [0.25, 0.3) is 11.0 Å². The molecule has 1 aromatic heterocycles. The highest BCUT2D eigenvalue weighted by molar-refractivity contribution is 5.80. The van der Waals surface area contributed by atoms with Crippen molar-refractivity contribution in [3.63, 3.8) is 0 Å². The van der Waals surface area contributed by atoms with Crippen LogP contribution in [0.4, 0.5) is 0 Å². The minimum absolute atomic E-state index is 0.149. The van der Waals surface area contributed by atoms with Crippen molar-refractivity contribution in [2.24, 2.45) is 0 Å².